The first-order valence-electron chi connectivity index (χ1n) is 6.35. The topological polar surface area (TPSA) is 75.4 Å². The smallest absolute Gasteiger partial charge is 0.245 e. The zero-order valence-electron chi connectivity index (χ0n) is 11.2. The van der Waals surface area contributed by atoms with E-state index in [0.717, 1.165) is 5.56 Å². The maximum atomic E-state index is 12.5. The fourth-order valence-corrected chi connectivity index (χ4v) is 2.26. The SMILES string of the molecule is CC1(C)C(=O)NCCN1C(=O)[C@@H](N)c1ccccc1. The molecular weight excluding hydrogens is 242 g/mol. The summed E-state index contributed by atoms with van der Waals surface area (Å²) in [5.74, 6) is -0.363. The van der Waals surface area contributed by atoms with E-state index >= 15 is 0 Å². The summed E-state index contributed by atoms with van der Waals surface area (Å²) >= 11 is 0. The number of nitrogens with one attached hydrogen (secondary N) is 1. The molecule has 0 saturated carbocycles. The second-order valence-corrected chi connectivity index (χ2v) is 5.19. The fourth-order valence-electron chi connectivity index (χ4n) is 2.26. The maximum Gasteiger partial charge on any atom is 0.245 e. The van der Waals surface area contributed by atoms with E-state index in [9.17, 15) is 9.59 Å². The minimum Gasteiger partial charge on any atom is -0.352 e. The third kappa shape index (κ3) is 2.46. The average molecular weight is 261 g/mol. The first kappa shape index (κ1) is 13.5. The summed E-state index contributed by atoms with van der Waals surface area (Å²) in [5.41, 5.74) is 5.91. The number of nitrogens with two attached hydrogens (primary N) is 1. The van der Waals surface area contributed by atoms with Crippen LogP contribution in [0.4, 0.5) is 0 Å². The molecular formula is C14H19N3O2. The minimum atomic E-state index is -0.859. The number of piperazine rings is 1. The van der Waals surface area contributed by atoms with Gasteiger partial charge in [-0.05, 0) is 19.4 Å². The van der Waals surface area contributed by atoms with Gasteiger partial charge in [-0.1, -0.05) is 30.3 Å². The molecule has 3 N–H and O–H groups in total. The molecule has 1 aromatic carbocycles. The third-order valence-electron chi connectivity index (χ3n) is 3.54. The van der Waals surface area contributed by atoms with Crippen LogP contribution in [-0.2, 0) is 9.59 Å². The highest BCUT2D eigenvalue weighted by atomic mass is 16.2. The van der Waals surface area contributed by atoms with Crippen molar-refractivity contribution in [1.82, 2.24) is 10.2 Å². The van der Waals surface area contributed by atoms with Gasteiger partial charge < -0.3 is 16.0 Å². The molecule has 0 bridgehead atoms. The van der Waals surface area contributed by atoms with Crippen LogP contribution in [-0.4, -0.2) is 35.3 Å². The van der Waals surface area contributed by atoms with Gasteiger partial charge in [0.05, 0.1) is 0 Å². The predicted octanol–water partition coefficient (Wildman–Crippen LogP) is 0.423. The molecule has 0 radical (unpaired) electrons. The summed E-state index contributed by atoms with van der Waals surface area (Å²) < 4.78 is 0. The van der Waals surface area contributed by atoms with Crippen LogP contribution in [0.15, 0.2) is 30.3 Å². The van der Waals surface area contributed by atoms with Crippen LogP contribution in [0, 0.1) is 0 Å². The second kappa shape index (κ2) is 5.01. The molecule has 1 heterocycles. The monoisotopic (exact) mass is 261 g/mol. The van der Waals surface area contributed by atoms with Crippen molar-refractivity contribution in [1.29, 1.82) is 0 Å². The lowest BCUT2D eigenvalue weighted by molar-refractivity contribution is -0.150. The van der Waals surface area contributed by atoms with Crippen molar-refractivity contribution in [2.75, 3.05) is 13.1 Å². The number of hydrogen-bond acceptors (Lipinski definition) is 3. The van der Waals surface area contributed by atoms with Gasteiger partial charge in [-0.3, -0.25) is 9.59 Å². The Labute approximate surface area is 112 Å². The van der Waals surface area contributed by atoms with E-state index in [4.69, 9.17) is 5.73 Å². The summed E-state index contributed by atoms with van der Waals surface area (Å²) in [6.07, 6.45) is 0. The largest absolute Gasteiger partial charge is 0.352 e. The molecule has 0 aromatic heterocycles. The zero-order valence-corrected chi connectivity index (χ0v) is 11.2. The lowest BCUT2D eigenvalue weighted by Crippen LogP contribution is -2.64. The molecule has 2 amide bonds. The molecule has 1 fully saturated rings. The molecule has 0 spiro atoms. The molecule has 1 aromatic rings. The number of carbonyl (C=O) groups excluding carboxylic acids is 2. The lowest BCUT2D eigenvalue weighted by atomic mass is 9.96. The molecule has 19 heavy (non-hydrogen) atoms. The van der Waals surface area contributed by atoms with Gasteiger partial charge in [0, 0.05) is 13.1 Å². The molecule has 5 heteroatoms. The third-order valence-corrected chi connectivity index (χ3v) is 3.54. The summed E-state index contributed by atoms with van der Waals surface area (Å²) in [7, 11) is 0. The Kier molecular flexibility index (Phi) is 3.57. The molecule has 102 valence electrons. The van der Waals surface area contributed by atoms with E-state index < -0.39 is 11.6 Å². The van der Waals surface area contributed by atoms with Crippen molar-refractivity contribution in [2.45, 2.75) is 25.4 Å². The van der Waals surface area contributed by atoms with E-state index in [1.807, 2.05) is 30.3 Å². The van der Waals surface area contributed by atoms with Crippen molar-refractivity contribution in [3.05, 3.63) is 35.9 Å². The highest BCUT2D eigenvalue weighted by molar-refractivity contribution is 5.93. The van der Waals surface area contributed by atoms with Gasteiger partial charge in [0.2, 0.25) is 11.8 Å². The molecule has 1 aliphatic rings. The number of benzene rings is 1. The predicted molar refractivity (Wildman–Crippen MR) is 72.2 cm³/mol. The van der Waals surface area contributed by atoms with Crippen molar-refractivity contribution in [3.8, 4) is 0 Å². The first-order chi connectivity index (χ1) is 8.94. The van der Waals surface area contributed by atoms with Crippen LogP contribution in [0.25, 0.3) is 0 Å². The van der Waals surface area contributed by atoms with Crippen molar-refractivity contribution >= 4 is 11.8 Å². The summed E-state index contributed by atoms with van der Waals surface area (Å²) in [4.78, 5) is 25.9. The van der Waals surface area contributed by atoms with Gasteiger partial charge in [0.15, 0.2) is 0 Å². The van der Waals surface area contributed by atoms with Crippen molar-refractivity contribution in [2.24, 2.45) is 5.73 Å². The summed E-state index contributed by atoms with van der Waals surface area (Å²) in [6, 6.07) is 8.47. The highest BCUT2D eigenvalue weighted by Gasteiger charge is 2.41. The molecule has 1 atom stereocenters. The van der Waals surface area contributed by atoms with Gasteiger partial charge in [0.25, 0.3) is 0 Å². The number of amides is 2. The number of hydrogen-bond donors (Lipinski definition) is 2. The van der Waals surface area contributed by atoms with Crippen molar-refractivity contribution < 1.29 is 9.59 Å². The molecule has 0 unspecified atom stereocenters. The molecule has 1 aliphatic heterocycles. The number of carbonyl (C=O) groups is 2. The Balaban J connectivity index is 2.22. The molecule has 1 saturated heterocycles. The van der Waals surface area contributed by atoms with Crippen LogP contribution in [0.2, 0.25) is 0 Å². The maximum absolute atomic E-state index is 12.5. The van der Waals surface area contributed by atoms with Crippen LogP contribution in [0.5, 0.6) is 0 Å². The van der Waals surface area contributed by atoms with Gasteiger partial charge in [-0.25, -0.2) is 0 Å². The van der Waals surface area contributed by atoms with Crippen LogP contribution in [0.3, 0.4) is 0 Å². The van der Waals surface area contributed by atoms with E-state index in [1.165, 1.54) is 0 Å². The highest BCUT2D eigenvalue weighted by Crippen LogP contribution is 2.22. The van der Waals surface area contributed by atoms with Gasteiger partial charge in [0.1, 0.15) is 11.6 Å². The zero-order chi connectivity index (χ0) is 14.0. The Morgan fingerprint density at radius 1 is 1.37 bits per heavy atom. The van der Waals surface area contributed by atoms with Crippen molar-refractivity contribution in [3.63, 3.8) is 0 Å². The quantitative estimate of drug-likeness (QED) is 0.810. The van der Waals surface area contributed by atoms with Gasteiger partial charge in [-0.2, -0.15) is 0 Å². The number of nitrogens with zero attached hydrogens (tertiary/aromatic N) is 1. The molecule has 2 rings (SSSR count). The van der Waals surface area contributed by atoms with Crippen LogP contribution in [0.1, 0.15) is 25.5 Å². The average Bonchev–Trinajstić information content (AvgIpc) is 2.41. The first-order valence-corrected chi connectivity index (χ1v) is 6.35. The van der Waals surface area contributed by atoms with E-state index in [0.29, 0.717) is 13.1 Å². The van der Waals surface area contributed by atoms with E-state index in [1.54, 1.807) is 18.7 Å². The lowest BCUT2D eigenvalue weighted by Gasteiger charge is -2.42. The van der Waals surface area contributed by atoms with Gasteiger partial charge >= 0.3 is 0 Å². The second-order valence-electron chi connectivity index (χ2n) is 5.19. The van der Waals surface area contributed by atoms with Crippen LogP contribution >= 0.6 is 0 Å². The fraction of sp³-hybridized carbons (Fsp3) is 0.429. The molecule has 5 nitrogen and oxygen atoms in total. The number of rotatable bonds is 2. The Hall–Kier alpha value is -1.88. The van der Waals surface area contributed by atoms with Gasteiger partial charge in [-0.15, -0.1) is 0 Å². The van der Waals surface area contributed by atoms with Crippen LogP contribution < -0.4 is 11.1 Å². The Bertz CT molecular complexity index is 485. The Morgan fingerprint density at radius 3 is 2.63 bits per heavy atom. The standard InChI is InChI=1S/C14H19N3O2/c1-14(2)13(19)16-8-9-17(14)12(18)11(15)10-6-4-3-5-7-10/h3-7,11H,8-9,15H2,1-2H3,(H,16,19)/t11-/m0/s1. The summed E-state index contributed by atoms with van der Waals surface area (Å²) in [5, 5.41) is 2.76. The molecule has 0 aliphatic carbocycles. The summed E-state index contributed by atoms with van der Waals surface area (Å²) in [6.45, 7) is 4.42. The van der Waals surface area contributed by atoms with E-state index in [2.05, 4.69) is 5.32 Å². The minimum absolute atomic E-state index is 0.146. The van der Waals surface area contributed by atoms with E-state index in [-0.39, 0.29) is 11.8 Å². The normalized spacial score (nSPS) is 19.7. The Morgan fingerprint density at radius 2 is 2.00 bits per heavy atom.